The number of rotatable bonds is 7. The molecule has 6 heteroatoms. The lowest BCUT2D eigenvalue weighted by atomic mass is 10.1. The Kier molecular flexibility index (Phi) is 5.86. The number of para-hydroxylation sites is 2. The van der Waals surface area contributed by atoms with Crippen LogP contribution < -0.4 is 15.0 Å². The Bertz CT molecular complexity index is 791. The van der Waals surface area contributed by atoms with Crippen LogP contribution in [0.3, 0.4) is 0 Å². The van der Waals surface area contributed by atoms with Crippen LogP contribution in [0.5, 0.6) is 5.75 Å². The van der Waals surface area contributed by atoms with Gasteiger partial charge < -0.3 is 19.7 Å². The molecule has 3 rings (SSSR count). The summed E-state index contributed by atoms with van der Waals surface area (Å²) in [5.74, 6) is 0.435. The van der Waals surface area contributed by atoms with E-state index >= 15 is 0 Å². The van der Waals surface area contributed by atoms with Gasteiger partial charge in [-0.05, 0) is 23.3 Å². The van der Waals surface area contributed by atoms with Gasteiger partial charge in [0.1, 0.15) is 5.75 Å². The van der Waals surface area contributed by atoms with Crippen LogP contribution in [0.1, 0.15) is 17.5 Å². The molecule has 136 valence electrons. The molecule has 0 unspecified atom stereocenters. The Morgan fingerprint density at radius 2 is 2.00 bits per heavy atom. The molecule has 0 saturated carbocycles. The van der Waals surface area contributed by atoms with Gasteiger partial charge in [0.15, 0.2) is 6.61 Å². The minimum Gasteiger partial charge on any atom is -0.482 e. The fourth-order valence-corrected chi connectivity index (χ4v) is 2.90. The van der Waals surface area contributed by atoms with E-state index in [1.165, 1.54) is 0 Å². The first-order valence-corrected chi connectivity index (χ1v) is 8.53. The Morgan fingerprint density at radius 3 is 2.85 bits per heavy atom. The molecule has 26 heavy (non-hydrogen) atoms. The smallest absolute Gasteiger partial charge is 0.265 e. The fourth-order valence-electron chi connectivity index (χ4n) is 2.90. The second-order valence-electron chi connectivity index (χ2n) is 6.08. The number of hydrogen-bond acceptors (Lipinski definition) is 4. The van der Waals surface area contributed by atoms with Crippen molar-refractivity contribution in [1.29, 1.82) is 0 Å². The van der Waals surface area contributed by atoms with Crippen molar-refractivity contribution in [3.05, 3.63) is 59.7 Å². The summed E-state index contributed by atoms with van der Waals surface area (Å²) >= 11 is 0. The van der Waals surface area contributed by atoms with E-state index in [1.807, 2.05) is 48.5 Å². The summed E-state index contributed by atoms with van der Waals surface area (Å²) in [5.41, 5.74) is 2.79. The van der Waals surface area contributed by atoms with Gasteiger partial charge in [0.2, 0.25) is 5.91 Å². The number of carbonyl (C=O) groups is 2. The fraction of sp³-hybridized carbons (Fsp3) is 0.300. The average molecular weight is 354 g/mol. The molecule has 2 amide bonds. The summed E-state index contributed by atoms with van der Waals surface area (Å²) in [5, 5.41) is 2.90. The van der Waals surface area contributed by atoms with Crippen LogP contribution in [0.25, 0.3) is 0 Å². The van der Waals surface area contributed by atoms with E-state index in [9.17, 15) is 9.59 Å². The van der Waals surface area contributed by atoms with Gasteiger partial charge in [0.25, 0.3) is 5.91 Å². The van der Waals surface area contributed by atoms with Crippen LogP contribution >= 0.6 is 0 Å². The summed E-state index contributed by atoms with van der Waals surface area (Å²) in [4.78, 5) is 25.9. The molecule has 0 atom stereocenters. The zero-order chi connectivity index (χ0) is 18.4. The molecule has 2 aromatic rings. The number of anilines is 1. The number of hydrogen-bond donors (Lipinski definition) is 1. The summed E-state index contributed by atoms with van der Waals surface area (Å²) in [6, 6.07) is 15.2. The van der Waals surface area contributed by atoms with Gasteiger partial charge in [-0.2, -0.15) is 0 Å². The van der Waals surface area contributed by atoms with E-state index in [1.54, 1.807) is 12.0 Å². The van der Waals surface area contributed by atoms with Crippen molar-refractivity contribution in [2.75, 3.05) is 25.2 Å². The van der Waals surface area contributed by atoms with Gasteiger partial charge in [-0.3, -0.25) is 9.59 Å². The highest BCUT2D eigenvalue weighted by Gasteiger charge is 2.25. The van der Waals surface area contributed by atoms with Gasteiger partial charge in [-0.1, -0.05) is 36.4 Å². The number of methoxy groups -OCH3 is 1. The van der Waals surface area contributed by atoms with E-state index in [0.29, 0.717) is 31.1 Å². The molecule has 1 N–H and O–H groups in total. The normalized spacial score (nSPS) is 13.1. The summed E-state index contributed by atoms with van der Waals surface area (Å²) < 4.78 is 10.5. The number of nitrogens with one attached hydrogen (secondary N) is 1. The molecule has 1 aliphatic rings. The molecule has 0 spiro atoms. The standard InChI is InChI=1S/C20H22N2O4/c1-25-13-16-6-4-5-15(11-16)12-21-19(23)9-10-22-17-7-2-3-8-18(17)26-14-20(22)24/h2-8,11H,9-10,12-14H2,1H3,(H,21,23). The van der Waals surface area contributed by atoms with E-state index in [2.05, 4.69) is 5.32 Å². The van der Waals surface area contributed by atoms with Crippen molar-refractivity contribution < 1.29 is 19.1 Å². The van der Waals surface area contributed by atoms with Crippen LogP contribution in [0, 0.1) is 0 Å². The Morgan fingerprint density at radius 1 is 1.19 bits per heavy atom. The molecule has 0 bridgehead atoms. The molecule has 1 aliphatic heterocycles. The van der Waals surface area contributed by atoms with Crippen LogP contribution in [0.15, 0.2) is 48.5 Å². The maximum Gasteiger partial charge on any atom is 0.265 e. The lowest BCUT2D eigenvalue weighted by Gasteiger charge is -2.29. The monoisotopic (exact) mass is 354 g/mol. The second kappa shape index (κ2) is 8.49. The van der Waals surface area contributed by atoms with Gasteiger partial charge in [-0.25, -0.2) is 0 Å². The molecule has 2 aromatic carbocycles. The molecule has 0 saturated heterocycles. The quantitative estimate of drug-likeness (QED) is 0.828. The van der Waals surface area contributed by atoms with Gasteiger partial charge in [-0.15, -0.1) is 0 Å². The van der Waals surface area contributed by atoms with Gasteiger partial charge in [0.05, 0.1) is 12.3 Å². The van der Waals surface area contributed by atoms with E-state index in [4.69, 9.17) is 9.47 Å². The predicted molar refractivity (Wildman–Crippen MR) is 97.9 cm³/mol. The number of carbonyl (C=O) groups excluding carboxylic acids is 2. The molecular weight excluding hydrogens is 332 g/mol. The number of benzene rings is 2. The highest BCUT2D eigenvalue weighted by Crippen LogP contribution is 2.31. The predicted octanol–water partition coefficient (Wildman–Crippen LogP) is 2.26. The lowest BCUT2D eigenvalue weighted by Crippen LogP contribution is -2.41. The summed E-state index contributed by atoms with van der Waals surface area (Å²) in [7, 11) is 1.65. The first kappa shape index (κ1) is 17.9. The van der Waals surface area contributed by atoms with Crippen molar-refractivity contribution >= 4 is 17.5 Å². The highest BCUT2D eigenvalue weighted by atomic mass is 16.5. The molecule has 0 aliphatic carbocycles. The van der Waals surface area contributed by atoms with Crippen LogP contribution in [-0.4, -0.2) is 32.1 Å². The molecule has 0 aromatic heterocycles. The third-order valence-corrected chi connectivity index (χ3v) is 4.16. The molecular formula is C20H22N2O4. The molecule has 0 radical (unpaired) electrons. The van der Waals surface area contributed by atoms with Crippen molar-refractivity contribution in [2.24, 2.45) is 0 Å². The summed E-state index contributed by atoms with van der Waals surface area (Å²) in [6.07, 6.45) is 0.234. The van der Waals surface area contributed by atoms with Gasteiger partial charge >= 0.3 is 0 Å². The number of amides is 2. The zero-order valence-electron chi connectivity index (χ0n) is 14.7. The molecule has 1 heterocycles. The van der Waals surface area contributed by atoms with Crippen molar-refractivity contribution in [1.82, 2.24) is 5.32 Å². The summed E-state index contributed by atoms with van der Waals surface area (Å²) in [6.45, 7) is 1.32. The lowest BCUT2D eigenvalue weighted by molar-refractivity contribution is -0.122. The van der Waals surface area contributed by atoms with E-state index in [0.717, 1.165) is 11.1 Å². The third-order valence-electron chi connectivity index (χ3n) is 4.16. The number of nitrogens with zero attached hydrogens (tertiary/aromatic N) is 1. The van der Waals surface area contributed by atoms with Crippen LogP contribution in [0.4, 0.5) is 5.69 Å². The van der Waals surface area contributed by atoms with Crippen molar-refractivity contribution in [2.45, 2.75) is 19.6 Å². The topological polar surface area (TPSA) is 67.9 Å². The van der Waals surface area contributed by atoms with E-state index < -0.39 is 0 Å². The number of fused-ring (bicyclic) bond motifs is 1. The minimum absolute atomic E-state index is 0.00489. The van der Waals surface area contributed by atoms with E-state index in [-0.39, 0.29) is 24.8 Å². The highest BCUT2D eigenvalue weighted by molar-refractivity contribution is 5.98. The largest absolute Gasteiger partial charge is 0.482 e. The third kappa shape index (κ3) is 4.40. The van der Waals surface area contributed by atoms with Crippen LogP contribution in [0.2, 0.25) is 0 Å². The first-order valence-electron chi connectivity index (χ1n) is 8.53. The maximum absolute atomic E-state index is 12.2. The minimum atomic E-state index is -0.135. The van der Waals surface area contributed by atoms with Crippen molar-refractivity contribution in [3.63, 3.8) is 0 Å². The Labute approximate surface area is 152 Å². The SMILES string of the molecule is COCc1cccc(CNC(=O)CCN2C(=O)COc3ccccc32)c1. The number of ether oxygens (including phenoxy) is 2. The Hall–Kier alpha value is -2.86. The first-order chi connectivity index (χ1) is 12.7. The average Bonchev–Trinajstić information content (AvgIpc) is 2.66. The zero-order valence-corrected chi connectivity index (χ0v) is 14.7. The van der Waals surface area contributed by atoms with Crippen LogP contribution in [-0.2, 0) is 27.5 Å². The molecule has 6 nitrogen and oxygen atoms in total. The van der Waals surface area contributed by atoms with Crippen molar-refractivity contribution in [3.8, 4) is 5.75 Å². The van der Waals surface area contributed by atoms with Gasteiger partial charge in [0, 0.05) is 26.6 Å². The maximum atomic E-state index is 12.2. The molecule has 0 fully saturated rings. The Balaban J connectivity index is 1.53. The second-order valence-corrected chi connectivity index (χ2v) is 6.08.